The van der Waals surface area contributed by atoms with Gasteiger partial charge in [-0.25, -0.2) is 4.98 Å². The van der Waals surface area contributed by atoms with E-state index in [0.717, 1.165) is 17.1 Å². The zero-order valence-corrected chi connectivity index (χ0v) is 10.9. The van der Waals surface area contributed by atoms with Crippen LogP contribution in [0.2, 0.25) is 0 Å². The van der Waals surface area contributed by atoms with E-state index >= 15 is 0 Å². The van der Waals surface area contributed by atoms with Gasteiger partial charge in [0.05, 0.1) is 29.3 Å². The Labute approximate surface area is 105 Å². The van der Waals surface area contributed by atoms with Crippen molar-refractivity contribution in [3.63, 3.8) is 0 Å². The fraction of sp³-hybridized carbons (Fsp3) is 0.385. The lowest BCUT2D eigenvalue weighted by Gasteiger charge is -2.20. The number of para-hydroxylation sites is 1. The van der Waals surface area contributed by atoms with Crippen LogP contribution in [0.3, 0.4) is 0 Å². The maximum absolute atomic E-state index is 8.68. The lowest BCUT2D eigenvalue weighted by Crippen LogP contribution is -2.28. The number of aromatic nitrogens is 1. The summed E-state index contributed by atoms with van der Waals surface area (Å²) in [5.74, 6) is 0. The van der Waals surface area contributed by atoms with Crippen molar-refractivity contribution in [2.75, 3.05) is 7.05 Å². The second kappa shape index (κ2) is 5.26. The normalized spacial score (nSPS) is 12.8. The SMILES string of the molecule is CC(CC#N)N(C)Cc1nc2ccccc2s1. The minimum atomic E-state index is 0.270. The van der Waals surface area contributed by atoms with Gasteiger partial charge in [-0.1, -0.05) is 12.1 Å². The molecule has 0 amide bonds. The van der Waals surface area contributed by atoms with Crippen LogP contribution in [0.15, 0.2) is 24.3 Å². The highest BCUT2D eigenvalue weighted by molar-refractivity contribution is 7.18. The highest BCUT2D eigenvalue weighted by Crippen LogP contribution is 2.22. The van der Waals surface area contributed by atoms with Crippen LogP contribution >= 0.6 is 11.3 Å². The van der Waals surface area contributed by atoms with E-state index in [1.807, 2.05) is 25.2 Å². The fourth-order valence-corrected chi connectivity index (χ4v) is 2.68. The lowest BCUT2D eigenvalue weighted by molar-refractivity contribution is 0.252. The summed E-state index contributed by atoms with van der Waals surface area (Å²) in [5.41, 5.74) is 1.06. The van der Waals surface area contributed by atoms with Crippen molar-refractivity contribution in [2.45, 2.75) is 25.9 Å². The molecule has 2 aromatic rings. The molecule has 0 fully saturated rings. The van der Waals surface area contributed by atoms with Gasteiger partial charge < -0.3 is 0 Å². The Morgan fingerprint density at radius 2 is 2.24 bits per heavy atom. The van der Waals surface area contributed by atoms with Gasteiger partial charge in [0.15, 0.2) is 0 Å². The third-order valence-electron chi connectivity index (χ3n) is 2.86. The molecule has 0 radical (unpaired) electrons. The Morgan fingerprint density at radius 1 is 1.47 bits per heavy atom. The van der Waals surface area contributed by atoms with Crippen molar-refractivity contribution in [1.82, 2.24) is 9.88 Å². The van der Waals surface area contributed by atoms with E-state index in [1.54, 1.807) is 11.3 Å². The Bertz CT molecular complexity index is 508. The minimum absolute atomic E-state index is 0.270. The average molecular weight is 245 g/mol. The first-order chi connectivity index (χ1) is 8.20. The van der Waals surface area contributed by atoms with E-state index < -0.39 is 0 Å². The molecule has 0 N–H and O–H groups in total. The summed E-state index contributed by atoms with van der Waals surface area (Å²) < 4.78 is 1.23. The zero-order chi connectivity index (χ0) is 12.3. The van der Waals surface area contributed by atoms with Gasteiger partial charge >= 0.3 is 0 Å². The van der Waals surface area contributed by atoms with Gasteiger partial charge in [0.1, 0.15) is 5.01 Å². The largest absolute Gasteiger partial charge is 0.296 e. The van der Waals surface area contributed by atoms with Gasteiger partial charge in [-0.05, 0) is 26.1 Å². The molecule has 0 aliphatic heterocycles. The quantitative estimate of drug-likeness (QED) is 0.831. The monoisotopic (exact) mass is 245 g/mol. The summed E-state index contributed by atoms with van der Waals surface area (Å²) >= 11 is 1.73. The smallest absolute Gasteiger partial charge is 0.108 e. The number of rotatable bonds is 4. The van der Waals surface area contributed by atoms with Crippen molar-refractivity contribution >= 4 is 21.6 Å². The number of thiazole rings is 1. The summed E-state index contributed by atoms with van der Waals surface area (Å²) in [7, 11) is 2.04. The number of nitriles is 1. The molecule has 3 nitrogen and oxygen atoms in total. The summed E-state index contributed by atoms with van der Waals surface area (Å²) in [6.07, 6.45) is 0.557. The van der Waals surface area contributed by atoms with Gasteiger partial charge in [0.2, 0.25) is 0 Å². The van der Waals surface area contributed by atoms with Crippen LogP contribution in [-0.4, -0.2) is 23.0 Å². The van der Waals surface area contributed by atoms with E-state index in [2.05, 4.69) is 28.9 Å². The van der Waals surface area contributed by atoms with Crippen LogP contribution in [0.4, 0.5) is 0 Å². The van der Waals surface area contributed by atoms with Crippen molar-refractivity contribution < 1.29 is 0 Å². The van der Waals surface area contributed by atoms with Crippen molar-refractivity contribution in [3.05, 3.63) is 29.3 Å². The minimum Gasteiger partial charge on any atom is -0.296 e. The molecule has 1 unspecified atom stereocenters. The molecule has 0 aliphatic rings. The van der Waals surface area contributed by atoms with E-state index in [1.165, 1.54) is 4.70 Å². The van der Waals surface area contributed by atoms with Crippen LogP contribution < -0.4 is 0 Å². The third kappa shape index (κ3) is 2.82. The van der Waals surface area contributed by atoms with Crippen molar-refractivity contribution in [1.29, 1.82) is 5.26 Å². The first kappa shape index (κ1) is 12.0. The average Bonchev–Trinajstić information content (AvgIpc) is 2.71. The number of hydrogen-bond donors (Lipinski definition) is 0. The predicted octanol–water partition coefficient (Wildman–Crippen LogP) is 3.03. The molecule has 2 rings (SSSR count). The Morgan fingerprint density at radius 3 is 2.94 bits per heavy atom. The van der Waals surface area contributed by atoms with Gasteiger partial charge in [-0.2, -0.15) is 5.26 Å². The zero-order valence-electron chi connectivity index (χ0n) is 10.1. The van der Waals surface area contributed by atoms with Crippen molar-refractivity contribution in [2.24, 2.45) is 0 Å². The molecule has 88 valence electrons. The second-order valence-electron chi connectivity index (χ2n) is 4.20. The standard InChI is InChI=1S/C13H15N3S/c1-10(7-8-14)16(2)9-13-15-11-5-3-4-6-12(11)17-13/h3-6,10H,7,9H2,1-2H3. The third-order valence-corrected chi connectivity index (χ3v) is 3.88. The molecular weight excluding hydrogens is 230 g/mol. The second-order valence-corrected chi connectivity index (χ2v) is 5.32. The Balaban J connectivity index is 2.11. The number of nitrogens with zero attached hydrogens (tertiary/aromatic N) is 3. The molecule has 1 heterocycles. The summed E-state index contributed by atoms with van der Waals surface area (Å²) in [6, 6.07) is 10.6. The van der Waals surface area contributed by atoms with E-state index in [0.29, 0.717) is 6.42 Å². The molecule has 1 aromatic carbocycles. The van der Waals surface area contributed by atoms with Crippen LogP contribution in [0.1, 0.15) is 18.4 Å². The Hall–Kier alpha value is -1.44. The van der Waals surface area contributed by atoms with Gasteiger partial charge in [-0.3, -0.25) is 4.90 Å². The first-order valence-corrected chi connectivity index (χ1v) is 6.44. The number of hydrogen-bond acceptors (Lipinski definition) is 4. The van der Waals surface area contributed by atoms with Crippen molar-refractivity contribution in [3.8, 4) is 6.07 Å². The van der Waals surface area contributed by atoms with Gasteiger partial charge in [-0.15, -0.1) is 11.3 Å². The Kier molecular flexibility index (Phi) is 3.72. The lowest BCUT2D eigenvalue weighted by atomic mass is 10.2. The van der Waals surface area contributed by atoms with Gasteiger partial charge in [0.25, 0.3) is 0 Å². The summed E-state index contributed by atoms with van der Waals surface area (Å²) in [5, 5.41) is 9.79. The number of fused-ring (bicyclic) bond motifs is 1. The van der Waals surface area contributed by atoms with Crippen LogP contribution in [0.5, 0.6) is 0 Å². The summed E-state index contributed by atoms with van der Waals surface area (Å²) in [6.45, 7) is 2.87. The molecule has 1 atom stereocenters. The molecule has 1 aromatic heterocycles. The van der Waals surface area contributed by atoms with E-state index in [-0.39, 0.29) is 6.04 Å². The molecule has 0 aliphatic carbocycles. The topological polar surface area (TPSA) is 39.9 Å². The maximum atomic E-state index is 8.68. The van der Waals surface area contributed by atoms with Crippen LogP contribution in [0.25, 0.3) is 10.2 Å². The molecule has 0 saturated heterocycles. The molecule has 0 spiro atoms. The van der Waals surface area contributed by atoms with Crippen LogP contribution in [-0.2, 0) is 6.54 Å². The highest BCUT2D eigenvalue weighted by atomic mass is 32.1. The van der Waals surface area contributed by atoms with Gasteiger partial charge in [0, 0.05) is 6.04 Å². The molecular formula is C13H15N3S. The highest BCUT2D eigenvalue weighted by Gasteiger charge is 2.11. The molecule has 0 saturated carbocycles. The summed E-state index contributed by atoms with van der Waals surface area (Å²) in [4.78, 5) is 6.76. The maximum Gasteiger partial charge on any atom is 0.108 e. The molecule has 4 heteroatoms. The fourth-order valence-electron chi connectivity index (χ4n) is 1.64. The molecule has 17 heavy (non-hydrogen) atoms. The van der Waals surface area contributed by atoms with Crippen LogP contribution in [0, 0.1) is 11.3 Å². The van der Waals surface area contributed by atoms with E-state index in [4.69, 9.17) is 5.26 Å². The van der Waals surface area contributed by atoms with E-state index in [9.17, 15) is 0 Å². The molecule has 0 bridgehead atoms. The first-order valence-electron chi connectivity index (χ1n) is 5.62. The number of benzene rings is 1. The predicted molar refractivity (Wildman–Crippen MR) is 70.8 cm³/mol.